The molecule has 0 bridgehead atoms. The summed E-state index contributed by atoms with van der Waals surface area (Å²) in [5.41, 5.74) is 0. The van der Waals surface area contributed by atoms with E-state index in [1.165, 1.54) is 6.42 Å². The van der Waals surface area contributed by atoms with E-state index >= 15 is 0 Å². The van der Waals surface area contributed by atoms with E-state index in [0.29, 0.717) is 0 Å². The highest BCUT2D eigenvalue weighted by Crippen LogP contribution is 2.37. The van der Waals surface area contributed by atoms with Crippen LogP contribution in [0.4, 0.5) is 0 Å². The zero-order chi connectivity index (χ0) is 9.97. The first-order chi connectivity index (χ1) is 6.79. The van der Waals surface area contributed by atoms with Crippen molar-refractivity contribution in [3.8, 4) is 0 Å². The summed E-state index contributed by atoms with van der Waals surface area (Å²) >= 11 is 0. The van der Waals surface area contributed by atoms with Crippen LogP contribution in [0.1, 0.15) is 38.5 Å². The van der Waals surface area contributed by atoms with Gasteiger partial charge in [-0.1, -0.05) is 12.8 Å². The molecule has 80 valence electrons. The lowest BCUT2D eigenvalue weighted by Crippen LogP contribution is -2.35. The van der Waals surface area contributed by atoms with Crippen LogP contribution in [0.2, 0.25) is 0 Å². The maximum Gasteiger partial charge on any atom is 0.306 e. The SMILES string of the molecule is O=C(O)[C@@H]1CCCC[C@@H]1[C@H]1CCCO1. The van der Waals surface area contributed by atoms with Gasteiger partial charge in [-0.2, -0.15) is 0 Å². The Morgan fingerprint density at radius 3 is 2.57 bits per heavy atom. The van der Waals surface area contributed by atoms with Crippen molar-refractivity contribution in [1.82, 2.24) is 0 Å². The molecule has 0 radical (unpaired) electrons. The molecule has 3 atom stereocenters. The molecular weight excluding hydrogens is 180 g/mol. The third-order valence-corrected chi connectivity index (χ3v) is 3.58. The van der Waals surface area contributed by atoms with Crippen molar-refractivity contribution in [2.45, 2.75) is 44.6 Å². The van der Waals surface area contributed by atoms with Gasteiger partial charge in [-0.15, -0.1) is 0 Å². The Morgan fingerprint density at radius 1 is 1.14 bits per heavy atom. The lowest BCUT2D eigenvalue weighted by atomic mass is 9.75. The zero-order valence-corrected chi connectivity index (χ0v) is 8.45. The number of hydrogen-bond acceptors (Lipinski definition) is 2. The molecule has 0 aromatic carbocycles. The van der Waals surface area contributed by atoms with Crippen molar-refractivity contribution in [3.63, 3.8) is 0 Å². The third kappa shape index (κ3) is 1.92. The van der Waals surface area contributed by atoms with Gasteiger partial charge < -0.3 is 9.84 Å². The topological polar surface area (TPSA) is 46.5 Å². The van der Waals surface area contributed by atoms with E-state index in [1.54, 1.807) is 0 Å². The minimum absolute atomic E-state index is 0.146. The van der Waals surface area contributed by atoms with Crippen LogP contribution in [0, 0.1) is 11.8 Å². The molecule has 14 heavy (non-hydrogen) atoms. The Labute approximate surface area is 84.4 Å². The Balaban J connectivity index is 2.01. The van der Waals surface area contributed by atoms with Crippen LogP contribution < -0.4 is 0 Å². The van der Waals surface area contributed by atoms with E-state index in [0.717, 1.165) is 38.7 Å². The molecule has 1 saturated carbocycles. The first kappa shape index (κ1) is 9.97. The Hall–Kier alpha value is -0.570. The summed E-state index contributed by atoms with van der Waals surface area (Å²) in [6.45, 7) is 0.827. The summed E-state index contributed by atoms with van der Waals surface area (Å²) in [5, 5.41) is 9.11. The van der Waals surface area contributed by atoms with Gasteiger partial charge in [0.15, 0.2) is 0 Å². The second kappa shape index (κ2) is 4.30. The second-order valence-electron chi connectivity index (χ2n) is 4.44. The van der Waals surface area contributed by atoms with Gasteiger partial charge in [0, 0.05) is 6.61 Å². The van der Waals surface area contributed by atoms with Crippen molar-refractivity contribution in [2.24, 2.45) is 11.8 Å². The molecule has 0 aromatic heterocycles. The van der Waals surface area contributed by atoms with Crippen LogP contribution in [0.3, 0.4) is 0 Å². The standard InChI is InChI=1S/C11H18O3/c12-11(13)9-5-2-1-4-8(9)10-6-3-7-14-10/h8-10H,1-7H2,(H,12,13)/t8-,9+,10+/m0/s1. The molecule has 0 spiro atoms. The van der Waals surface area contributed by atoms with E-state index in [2.05, 4.69) is 0 Å². The lowest BCUT2D eigenvalue weighted by molar-refractivity contribution is -0.147. The van der Waals surface area contributed by atoms with Gasteiger partial charge >= 0.3 is 5.97 Å². The van der Waals surface area contributed by atoms with Crippen LogP contribution in [-0.2, 0) is 9.53 Å². The molecule has 0 aromatic rings. The predicted molar refractivity (Wildman–Crippen MR) is 52.1 cm³/mol. The van der Waals surface area contributed by atoms with Crippen molar-refractivity contribution in [3.05, 3.63) is 0 Å². The summed E-state index contributed by atoms with van der Waals surface area (Å²) in [4.78, 5) is 11.1. The molecule has 2 rings (SSSR count). The fourth-order valence-electron chi connectivity index (χ4n) is 2.85. The lowest BCUT2D eigenvalue weighted by Gasteiger charge is -2.32. The average molecular weight is 198 g/mol. The summed E-state index contributed by atoms with van der Waals surface area (Å²) < 4.78 is 5.61. The number of carboxylic acid groups (broad SMARTS) is 1. The molecule has 3 heteroatoms. The van der Waals surface area contributed by atoms with Gasteiger partial charge in [0.1, 0.15) is 0 Å². The highest BCUT2D eigenvalue weighted by Gasteiger charge is 2.37. The maximum absolute atomic E-state index is 11.1. The van der Waals surface area contributed by atoms with E-state index in [1.807, 2.05) is 0 Å². The Bertz CT molecular complexity index is 209. The molecule has 0 unspecified atom stereocenters. The molecule has 1 aliphatic heterocycles. The molecule has 1 saturated heterocycles. The summed E-state index contributed by atoms with van der Waals surface area (Å²) in [6.07, 6.45) is 6.54. The molecule has 3 nitrogen and oxygen atoms in total. The Morgan fingerprint density at radius 2 is 1.93 bits per heavy atom. The highest BCUT2D eigenvalue weighted by molar-refractivity contribution is 5.70. The minimum Gasteiger partial charge on any atom is -0.481 e. The average Bonchev–Trinajstić information content (AvgIpc) is 2.70. The highest BCUT2D eigenvalue weighted by atomic mass is 16.5. The van der Waals surface area contributed by atoms with Crippen molar-refractivity contribution in [1.29, 1.82) is 0 Å². The van der Waals surface area contributed by atoms with Gasteiger partial charge in [0.2, 0.25) is 0 Å². The van der Waals surface area contributed by atoms with Gasteiger partial charge in [-0.3, -0.25) is 4.79 Å². The largest absolute Gasteiger partial charge is 0.481 e. The molecule has 1 heterocycles. The number of rotatable bonds is 2. The molecule has 2 aliphatic rings. The molecule has 1 N–H and O–H groups in total. The second-order valence-corrected chi connectivity index (χ2v) is 4.44. The van der Waals surface area contributed by atoms with Gasteiger partial charge in [-0.05, 0) is 31.6 Å². The fraction of sp³-hybridized carbons (Fsp3) is 0.909. The first-order valence-electron chi connectivity index (χ1n) is 5.63. The van der Waals surface area contributed by atoms with Crippen molar-refractivity contribution in [2.75, 3.05) is 6.61 Å². The van der Waals surface area contributed by atoms with Crippen molar-refractivity contribution < 1.29 is 14.6 Å². The number of carboxylic acids is 1. The zero-order valence-electron chi connectivity index (χ0n) is 8.45. The first-order valence-corrected chi connectivity index (χ1v) is 5.63. The van der Waals surface area contributed by atoms with Crippen LogP contribution in [0.15, 0.2) is 0 Å². The smallest absolute Gasteiger partial charge is 0.306 e. The maximum atomic E-state index is 11.1. The Kier molecular flexibility index (Phi) is 3.06. The van der Waals surface area contributed by atoms with Gasteiger partial charge in [0.05, 0.1) is 12.0 Å². The summed E-state index contributed by atoms with van der Waals surface area (Å²) in [6, 6.07) is 0. The van der Waals surface area contributed by atoms with Crippen LogP contribution >= 0.6 is 0 Å². The number of ether oxygens (including phenoxy) is 1. The summed E-state index contributed by atoms with van der Waals surface area (Å²) in [5.74, 6) is -0.485. The van der Waals surface area contributed by atoms with E-state index in [4.69, 9.17) is 9.84 Å². The quantitative estimate of drug-likeness (QED) is 0.738. The molecular formula is C11H18O3. The molecule has 0 amide bonds. The van der Waals surface area contributed by atoms with E-state index < -0.39 is 5.97 Å². The van der Waals surface area contributed by atoms with Crippen molar-refractivity contribution >= 4 is 5.97 Å². The number of carbonyl (C=O) groups is 1. The van der Waals surface area contributed by atoms with Gasteiger partial charge in [-0.25, -0.2) is 0 Å². The number of hydrogen-bond donors (Lipinski definition) is 1. The predicted octanol–water partition coefficient (Wildman–Crippen LogP) is 2.06. The normalized spacial score (nSPS) is 38.4. The van der Waals surface area contributed by atoms with E-state index in [-0.39, 0.29) is 17.9 Å². The molecule has 1 aliphatic carbocycles. The monoisotopic (exact) mass is 198 g/mol. The minimum atomic E-state index is -0.620. The van der Waals surface area contributed by atoms with Crippen LogP contribution in [0.25, 0.3) is 0 Å². The van der Waals surface area contributed by atoms with Gasteiger partial charge in [0.25, 0.3) is 0 Å². The van der Waals surface area contributed by atoms with E-state index in [9.17, 15) is 4.79 Å². The molecule has 2 fully saturated rings. The third-order valence-electron chi connectivity index (χ3n) is 3.58. The number of aliphatic carboxylic acids is 1. The summed E-state index contributed by atoms with van der Waals surface area (Å²) in [7, 11) is 0. The fourth-order valence-corrected chi connectivity index (χ4v) is 2.85. The van der Waals surface area contributed by atoms with Crippen LogP contribution in [-0.4, -0.2) is 23.8 Å². The van der Waals surface area contributed by atoms with Crippen LogP contribution in [0.5, 0.6) is 0 Å².